The summed E-state index contributed by atoms with van der Waals surface area (Å²) in [5, 5.41) is 2.72. The van der Waals surface area contributed by atoms with Crippen molar-refractivity contribution < 1.29 is 14.3 Å². The summed E-state index contributed by atoms with van der Waals surface area (Å²) in [5.74, 6) is -0.567. The van der Waals surface area contributed by atoms with Gasteiger partial charge in [0.2, 0.25) is 5.91 Å². The Kier molecular flexibility index (Phi) is 7.55. The third-order valence-electron chi connectivity index (χ3n) is 4.36. The first-order valence-corrected chi connectivity index (χ1v) is 9.57. The molecule has 2 amide bonds. The molecule has 1 aliphatic heterocycles. The van der Waals surface area contributed by atoms with Gasteiger partial charge in [0.05, 0.1) is 13.2 Å². The van der Waals surface area contributed by atoms with Crippen LogP contribution in [-0.2, 0) is 14.3 Å². The molecule has 0 unspecified atom stereocenters. The Hall–Kier alpha value is -3.44. The first-order valence-electron chi connectivity index (χ1n) is 9.57. The van der Waals surface area contributed by atoms with E-state index in [0.717, 1.165) is 11.1 Å². The van der Waals surface area contributed by atoms with Crippen molar-refractivity contribution in [2.75, 3.05) is 26.3 Å². The second kappa shape index (κ2) is 10.8. The third kappa shape index (κ3) is 6.59. The molecule has 1 heterocycles. The normalized spacial score (nSPS) is 15.0. The van der Waals surface area contributed by atoms with Crippen molar-refractivity contribution in [2.45, 2.75) is 0 Å². The lowest BCUT2D eigenvalue weighted by Gasteiger charge is -2.27. The highest BCUT2D eigenvalue weighted by atomic mass is 16.5. The summed E-state index contributed by atoms with van der Waals surface area (Å²) < 4.78 is 5.31. The molecule has 1 saturated heterocycles. The Bertz CT molecular complexity index is 896. The molecule has 0 aromatic heterocycles. The van der Waals surface area contributed by atoms with E-state index < -0.39 is 0 Å². The summed E-state index contributed by atoms with van der Waals surface area (Å²) >= 11 is 0. The van der Waals surface area contributed by atoms with Crippen molar-refractivity contribution in [3.05, 3.63) is 95.7 Å². The van der Waals surface area contributed by atoms with E-state index in [1.165, 1.54) is 6.08 Å². The average Bonchev–Trinajstić information content (AvgIpc) is 2.78. The van der Waals surface area contributed by atoms with Crippen LogP contribution in [0.25, 0.3) is 12.2 Å². The number of hydrogen-bond acceptors (Lipinski definition) is 3. The minimum absolute atomic E-state index is 0.215. The fourth-order valence-electron chi connectivity index (χ4n) is 2.83. The molecule has 5 nitrogen and oxygen atoms in total. The quantitative estimate of drug-likeness (QED) is 0.610. The van der Waals surface area contributed by atoms with Gasteiger partial charge in [0.15, 0.2) is 0 Å². The van der Waals surface area contributed by atoms with Crippen LogP contribution in [0.5, 0.6) is 0 Å². The zero-order valence-corrected chi connectivity index (χ0v) is 16.2. The van der Waals surface area contributed by atoms with Gasteiger partial charge in [-0.05, 0) is 23.3 Å². The van der Waals surface area contributed by atoms with Crippen LogP contribution in [0.1, 0.15) is 11.1 Å². The second-order valence-corrected chi connectivity index (χ2v) is 6.49. The van der Waals surface area contributed by atoms with Gasteiger partial charge in [0.1, 0.15) is 5.70 Å². The average molecular weight is 388 g/mol. The van der Waals surface area contributed by atoms with E-state index in [1.54, 1.807) is 23.1 Å². The SMILES string of the molecule is O=C(C=Cc1ccccc1)N/C(=C\C=C\c1ccccc1)C(=O)N1CCOCC1. The van der Waals surface area contributed by atoms with Gasteiger partial charge in [-0.1, -0.05) is 72.8 Å². The van der Waals surface area contributed by atoms with Crippen molar-refractivity contribution in [3.63, 3.8) is 0 Å². The number of benzene rings is 2. The number of morpholine rings is 1. The van der Waals surface area contributed by atoms with E-state index in [-0.39, 0.29) is 17.5 Å². The molecule has 5 heteroatoms. The fraction of sp³-hybridized carbons (Fsp3) is 0.167. The van der Waals surface area contributed by atoms with Gasteiger partial charge < -0.3 is 15.0 Å². The molecule has 1 fully saturated rings. The molecule has 148 valence electrons. The highest BCUT2D eigenvalue weighted by Gasteiger charge is 2.21. The maximum Gasteiger partial charge on any atom is 0.270 e. The molecule has 29 heavy (non-hydrogen) atoms. The van der Waals surface area contributed by atoms with Gasteiger partial charge in [-0.15, -0.1) is 0 Å². The van der Waals surface area contributed by atoms with Gasteiger partial charge in [-0.2, -0.15) is 0 Å². The van der Waals surface area contributed by atoms with Gasteiger partial charge >= 0.3 is 0 Å². The number of allylic oxidation sites excluding steroid dienone is 2. The number of rotatable bonds is 6. The number of ether oxygens (including phenoxy) is 1. The Labute approximate surface area is 171 Å². The molecule has 1 aliphatic rings. The molecular weight excluding hydrogens is 364 g/mol. The standard InChI is InChI=1S/C24H24N2O3/c27-23(15-14-21-10-5-2-6-11-21)25-22(24(28)26-16-18-29-19-17-26)13-7-12-20-8-3-1-4-9-20/h1-15H,16-19H2,(H,25,27)/b12-7+,15-14?,22-13-. The molecular formula is C24H24N2O3. The summed E-state index contributed by atoms with van der Waals surface area (Å²) in [6.07, 6.45) is 8.43. The number of nitrogens with zero attached hydrogens (tertiary/aromatic N) is 1. The Morgan fingerprint density at radius 1 is 0.862 bits per heavy atom. The fourth-order valence-corrected chi connectivity index (χ4v) is 2.83. The lowest BCUT2D eigenvalue weighted by molar-refractivity contribution is -0.132. The predicted molar refractivity (Wildman–Crippen MR) is 115 cm³/mol. The van der Waals surface area contributed by atoms with E-state index >= 15 is 0 Å². The van der Waals surface area contributed by atoms with Gasteiger partial charge in [-0.25, -0.2) is 0 Å². The third-order valence-corrected chi connectivity index (χ3v) is 4.36. The van der Waals surface area contributed by atoms with Crippen LogP contribution in [0.15, 0.2) is 84.6 Å². The highest BCUT2D eigenvalue weighted by Crippen LogP contribution is 2.07. The Morgan fingerprint density at radius 3 is 2.07 bits per heavy atom. The highest BCUT2D eigenvalue weighted by molar-refractivity contribution is 6.01. The lowest BCUT2D eigenvalue weighted by atomic mass is 10.2. The summed E-state index contributed by atoms with van der Waals surface area (Å²) in [7, 11) is 0. The van der Waals surface area contributed by atoms with Gasteiger partial charge in [0, 0.05) is 19.2 Å². The first kappa shape index (κ1) is 20.3. The summed E-state index contributed by atoms with van der Waals surface area (Å²) in [6, 6.07) is 19.3. The van der Waals surface area contributed by atoms with E-state index in [9.17, 15) is 9.59 Å². The zero-order chi connectivity index (χ0) is 20.3. The first-order chi connectivity index (χ1) is 14.2. The lowest BCUT2D eigenvalue weighted by Crippen LogP contribution is -2.44. The van der Waals surface area contributed by atoms with Crippen LogP contribution in [0.2, 0.25) is 0 Å². The Morgan fingerprint density at radius 2 is 1.45 bits per heavy atom. The van der Waals surface area contributed by atoms with Gasteiger partial charge in [-0.3, -0.25) is 9.59 Å². The smallest absolute Gasteiger partial charge is 0.270 e. The number of hydrogen-bond donors (Lipinski definition) is 1. The largest absolute Gasteiger partial charge is 0.378 e. The van der Waals surface area contributed by atoms with E-state index in [2.05, 4.69) is 5.32 Å². The van der Waals surface area contributed by atoms with Crippen LogP contribution >= 0.6 is 0 Å². The van der Waals surface area contributed by atoms with Crippen LogP contribution in [0, 0.1) is 0 Å². The summed E-state index contributed by atoms with van der Waals surface area (Å²) in [5.41, 5.74) is 2.16. The minimum atomic E-state index is -0.352. The van der Waals surface area contributed by atoms with Crippen molar-refractivity contribution >= 4 is 24.0 Å². The minimum Gasteiger partial charge on any atom is -0.378 e. The van der Waals surface area contributed by atoms with Gasteiger partial charge in [0.25, 0.3) is 5.91 Å². The molecule has 0 spiro atoms. The van der Waals surface area contributed by atoms with Crippen molar-refractivity contribution in [2.24, 2.45) is 0 Å². The monoisotopic (exact) mass is 388 g/mol. The molecule has 0 aliphatic carbocycles. The van der Waals surface area contributed by atoms with Crippen molar-refractivity contribution in [3.8, 4) is 0 Å². The maximum atomic E-state index is 12.9. The van der Waals surface area contributed by atoms with E-state index in [0.29, 0.717) is 26.3 Å². The zero-order valence-electron chi connectivity index (χ0n) is 16.2. The molecule has 0 bridgehead atoms. The molecule has 3 rings (SSSR count). The molecule has 0 radical (unpaired) electrons. The number of nitrogens with one attached hydrogen (secondary N) is 1. The number of carbonyl (C=O) groups excluding carboxylic acids is 2. The molecule has 0 atom stereocenters. The van der Waals surface area contributed by atoms with Crippen LogP contribution in [-0.4, -0.2) is 43.0 Å². The number of carbonyl (C=O) groups is 2. The second-order valence-electron chi connectivity index (χ2n) is 6.49. The maximum absolute atomic E-state index is 12.9. The van der Waals surface area contributed by atoms with Crippen LogP contribution in [0.4, 0.5) is 0 Å². The molecule has 2 aromatic carbocycles. The van der Waals surface area contributed by atoms with E-state index in [4.69, 9.17) is 4.74 Å². The van der Waals surface area contributed by atoms with Crippen LogP contribution in [0.3, 0.4) is 0 Å². The molecule has 0 saturated carbocycles. The predicted octanol–water partition coefficient (Wildman–Crippen LogP) is 3.27. The topological polar surface area (TPSA) is 58.6 Å². The molecule has 1 N–H and O–H groups in total. The number of amides is 2. The Balaban J connectivity index is 1.73. The van der Waals surface area contributed by atoms with Crippen molar-refractivity contribution in [1.82, 2.24) is 10.2 Å². The van der Waals surface area contributed by atoms with E-state index in [1.807, 2.05) is 66.7 Å². The van der Waals surface area contributed by atoms with Crippen LogP contribution < -0.4 is 5.32 Å². The summed E-state index contributed by atoms with van der Waals surface area (Å²) in [4.78, 5) is 27.0. The summed E-state index contributed by atoms with van der Waals surface area (Å²) in [6.45, 7) is 2.02. The molecule has 2 aromatic rings. The van der Waals surface area contributed by atoms with Crippen molar-refractivity contribution in [1.29, 1.82) is 0 Å².